The van der Waals surface area contributed by atoms with Crippen molar-refractivity contribution >= 4 is 11.3 Å². The number of hydrogen-bond acceptors (Lipinski definition) is 3. The van der Waals surface area contributed by atoms with Gasteiger partial charge >= 0.3 is 0 Å². The van der Waals surface area contributed by atoms with Crippen LogP contribution in [0.5, 0.6) is 0 Å². The van der Waals surface area contributed by atoms with E-state index in [9.17, 15) is 0 Å². The molecule has 90 valence electrons. The van der Waals surface area contributed by atoms with Crippen LogP contribution in [0.4, 0.5) is 0 Å². The Bertz CT molecular complexity index is 473. The van der Waals surface area contributed by atoms with Gasteiger partial charge in [-0.25, -0.2) is 0 Å². The lowest BCUT2D eigenvalue weighted by atomic mass is 10.1. The van der Waals surface area contributed by atoms with Gasteiger partial charge < -0.3 is 5.73 Å². The minimum absolute atomic E-state index is 0.0636. The first kappa shape index (κ1) is 12.3. The minimum Gasteiger partial charge on any atom is -0.323 e. The lowest BCUT2D eigenvalue weighted by Crippen LogP contribution is -2.12. The molecule has 2 rings (SSSR count). The van der Waals surface area contributed by atoms with Gasteiger partial charge in [-0.3, -0.25) is 4.98 Å². The fourth-order valence-corrected chi connectivity index (χ4v) is 2.64. The third-order valence-electron chi connectivity index (χ3n) is 2.85. The van der Waals surface area contributed by atoms with Crippen molar-refractivity contribution in [2.75, 3.05) is 0 Å². The maximum Gasteiger partial charge on any atom is 0.0445 e. The Labute approximate surface area is 107 Å². The zero-order valence-corrected chi connectivity index (χ0v) is 11.1. The molecule has 0 bridgehead atoms. The average Bonchev–Trinajstić information content (AvgIpc) is 2.77. The molecule has 2 aromatic rings. The summed E-state index contributed by atoms with van der Waals surface area (Å²) in [7, 11) is 0. The summed E-state index contributed by atoms with van der Waals surface area (Å²) >= 11 is 1.77. The fraction of sp³-hybridized carbons (Fsp3) is 0.357. The van der Waals surface area contributed by atoms with Gasteiger partial charge in [-0.1, -0.05) is 13.0 Å². The van der Waals surface area contributed by atoms with Gasteiger partial charge in [0.1, 0.15) is 0 Å². The largest absolute Gasteiger partial charge is 0.323 e. The van der Waals surface area contributed by atoms with Crippen molar-refractivity contribution in [2.24, 2.45) is 5.73 Å². The van der Waals surface area contributed by atoms with Gasteiger partial charge in [0.15, 0.2) is 0 Å². The zero-order chi connectivity index (χ0) is 12.3. The topological polar surface area (TPSA) is 38.9 Å². The molecule has 0 saturated carbocycles. The van der Waals surface area contributed by atoms with Crippen LogP contribution in [0.3, 0.4) is 0 Å². The van der Waals surface area contributed by atoms with E-state index in [1.165, 1.54) is 15.3 Å². The predicted molar refractivity (Wildman–Crippen MR) is 73.3 cm³/mol. The van der Waals surface area contributed by atoms with E-state index in [1.807, 2.05) is 6.20 Å². The maximum absolute atomic E-state index is 6.18. The molecule has 1 unspecified atom stereocenters. The molecule has 2 nitrogen and oxygen atoms in total. The molecule has 0 saturated heterocycles. The SMILES string of the molecule is CCc1ccc(CC(N)c2ccc(C)s2)nc1. The van der Waals surface area contributed by atoms with E-state index in [2.05, 4.69) is 43.1 Å². The summed E-state index contributed by atoms with van der Waals surface area (Å²) < 4.78 is 0. The fourth-order valence-electron chi connectivity index (χ4n) is 1.76. The number of nitrogens with two attached hydrogens (primary N) is 1. The normalized spacial score (nSPS) is 12.6. The second-order valence-corrected chi connectivity index (χ2v) is 5.59. The molecule has 3 heteroatoms. The third-order valence-corrected chi connectivity index (χ3v) is 3.98. The lowest BCUT2D eigenvalue weighted by Gasteiger charge is -2.09. The van der Waals surface area contributed by atoms with Crippen molar-refractivity contribution in [1.29, 1.82) is 0 Å². The zero-order valence-electron chi connectivity index (χ0n) is 10.3. The monoisotopic (exact) mass is 246 g/mol. The average molecular weight is 246 g/mol. The van der Waals surface area contributed by atoms with Gasteiger partial charge in [0.25, 0.3) is 0 Å². The molecule has 0 fully saturated rings. The molecule has 17 heavy (non-hydrogen) atoms. The summed E-state index contributed by atoms with van der Waals surface area (Å²) in [6.45, 7) is 4.24. The van der Waals surface area contributed by atoms with E-state index in [0.29, 0.717) is 0 Å². The molecular formula is C14H18N2S. The summed E-state index contributed by atoms with van der Waals surface area (Å²) in [6, 6.07) is 8.51. The molecule has 2 N–H and O–H groups in total. The maximum atomic E-state index is 6.18. The van der Waals surface area contributed by atoms with Crippen LogP contribution in [0.25, 0.3) is 0 Å². The van der Waals surface area contributed by atoms with Gasteiger partial charge in [-0.15, -0.1) is 11.3 Å². The summed E-state index contributed by atoms with van der Waals surface area (Å²) in [6.07, 6.45) is 3.79. The highest BCUT2D eigenvalue weighted by molar-refractivity contribution is 7.12. The van der Waals surface area contributed by atoms with Crippen molar-refractivity contribution < 1.29 is 0 Å². The van der Waals surface area contributed by atoms with Crippen LogP contribution in [0, 0.1) is 6.92 Å². The smallest absolute Gasteiger partial charge is 0.0445 e. The first-order valence-corrected chi connectivity index (χ1v) is 6.76. The van der Waals surface area contributed by atoms with Gasteiger partial charge in [0.2, 0.25) is 0 Å². The Morgan fingerprint density at radius 3 is 2.65 bits per heavy atom. The van der Waals surface area contributed by atoms with Gasteiger partial charge in [-0.05, 0) is 37.1 Å². The Kier molecular flexibility index (Phi) is 3.92. The highest BCUT2D eigenvalue weighted by atomic mass is 32.1. The number of aryl methyl sites for hydroxylation is 2. The van der Waals surface area contributed by atoms with Crippen molar-refractivity contribution in [3.8, 4) is 0 Å². The van der Waals surface area contributed by atoms with Gasteiger partial charge in [0, 0.05) is 34.1 Å². The number of thiophene rings is 1. The number of hydrogen-bond donors (Lipinski definition) is 1. The van der Waals surface area contributed by atoms with E-state index in [1.54, 1.807) is 11.3 Å². The Balaban J connectivity index is 2.04. The highest BCUT2D eigenvalue weighted by Gasteiger charge is 2.09. The van der Waals surface area contributed by atoms with E-state index in [4.69, 9.17) is 5.73 Å². The Morgan fingerprint density at radius 1 is 1.29 bits per heavy atom. The van der Waals surface area contributed by atoms with E-state index >= 15 is 0 Å². The Hall–Kier alpha value is -1.19. The van der Waals surface area contributed by atoms with Crippen molar-refractivity contribution in [1.82, 2.24) is 4.98 Å². The van der Waals surface area contributed by atoms with Crippen LogP contribution >= 0.6 is 11.3 Å². The van der Waals surface area contributed by atoms with Gasteiger partial charge in [0.05, 0.1) is 0 Å². The molecule has 0 aliphatic heterocycles. The summed E-state index contributed by atoms with van der Waals surface area (Å²) in [5.74, 6) is 0. The molecule has 2 heterocycles. The second kappa shape index (κ2) is 5.43. The first-order valence-electron chi connectivity index (χ1n) is 5.94. The summed E-state index contributed by atoms with van der Waals surface area (Å²) in [4.78, 5) is 7.00. The van der Waals surface area contributed by atoms with Crippen LogP contribution in [-0.4, -0.2) is 4.98 Å². The Morgan fingerprint density at radius 2 is 2.12 bits per heavy atom. The number of rotatable bonds is 4. The molecule has 0 spiro atoms. The van der Waals surface area contributed by atoms with Crippen molar-refractivity contribution in [3.05, 3.63) is 51.5 Å². The molecule has 0 aliphatic rings. The highest BCUT2D eigenvalue weighted by Crippen LogP contribution is 2.23. The van der Waals surface area contributed by atoms with Crippen LogP contribution in [0.1, 0.15) is 34.0 Å². The molecule has 0 amide bonds. The quantitative estimate of drug-likeness (QED) is 0.899. The van der Waals surface area contributed by atoms with Crippen LogP contribution < -0.4 is 5.73 Å². The first-order chi connectivity index (χ1) is 8.19. The summed E-state index contributed by atoms with van der Waals surface area (Å²) in [5, 5.41) is 0. The minimum atomic E-state index is 0.0636. The number of pyridine rings is 1. The number of nitrogens with zero attached hydrogens (tertiary/aromatic N) is 1. The van der Waals surface area contributed by atoms with Crippen molar-refractivity contribution in [3.63, 3.8) is 0 Å². The van der Waals surface area contributed by atoms with Crippen LogP contribution in [-0.2, 0) is 12.8 Å². The molecular weight excluding hydrogens is 228 g/mol. The third kappa shape index (κ3) is 3.14. The van der Waals surface area contributed by atoms with E-state index in [0.717, 1.165) is 18.5 Å². The van der Waals surface area contributed by atoms with Crippen molar-refractivity contribution in [2.45, 2.75) is 32.7 Å². The van der Waals surface area contributed by atoms with Crippen LogP contribution in [0.2, 0.25) is 0 Å². The number of aromatic nitrogens is 1. The lowest BCUT2D eigenvalue weighted by molar-refractivity contribution is 0.719. The summed E-state index contributed by atoms with van der Waals surface area (Å²) in [5.41, 5.74) is 8.52. The van der Waals surface area contributed by atoms with E-state index < -0.39 is 0 Å². The van der Waals surface area contributed by atoms with Gasteiger partial charge in [-0.2, -0.15) is 0 Å². The molecule has 2 aromatic heterocycles. The van der Waals surface area contributed by atoms with E-state index in [-0.39, 0.29) is 6.04 Å². The molecule has 0 aliphatic carbocycles. The second-order valence-electron chi connectivity index (χ2n) is 4.27. The molecule has 1 atom stereocenters. The predicted octanol–water partition coefficient (Wildman–Crippen LogP) is 3.26. The molecule has 0 aromatic carbocycles. The van der Waals surface area contributed by atoms with Crippen LogP contribution in [0.15, 0.2) is 30.5 Å². The standard InChI is InChI=1S/C14H18N2S/c1-3-11-5-6-12(16-9-11)8-13(15)14-7-4-10(2)17-14/h4-7,9,13H,3,8,15H2,1-2H3. The molecule has 0 radical (unpaired) electrons.